The van der Waals surface area contributed by atoms with Crippen LogP contribution in [0.2, 0.25) is 0 Å². The number of aliphatic imine (C=N–C) groups is 1. The maximum atomic E-state index is 13.0. The minimum absolute atomic E-state index is 0.0592. The lowest BCUT2D eigenvalue weighted by molar-refractivity contribution is -0.146. The normalized spacial score (nSPS) is 11.3. The lowest BCUT2D eigenvalue weighted by atomic mass is 10.1. The maximum Gasteiger partial charge on any atom is 0.242 e. The van der Waals surface area contributed by atoms with E-state index in [2.05, 4.69) is 15.6 Å². The SMILES string of the molecule is CC(=O)[C@@H](CCCN=C(N)N)NC(=O)[C@H](C)NC(=O)CN(C)C(=O)CN(C)C(=O)CN(C)C(=O)CN(C)C(=O)CN(C)C(=O)CN(C)C(=O)CN(C)C(=O)CN(C)C(=O)CN(C)C(=O)CN(C)C(=O)CCN. The number of hydrogen-bond donors (Lipinski definition) is 5. The molecule has 0 bridgehead atoms. The minimum atomic E-state index is -1.07. The van der Waals surface area contributed by atoms with Crippen molar-refractivity contribution < 1.29 is 62.3 Å². The van der Waals surface area contributed by atoms with Gasteiger partial charge in [-0.25, -0.2) is 0 Å². The number of guanidine groups is 1. The summed E-state index contributed by atoms with van der Waals surface area (Å²) < 4.78 is 0. The Hall–Kier alpha value is -7.46. The second kappa shape index (κ2) is 31.7. The minimum Gasteiger partial charge on any atom is -0.370 e. The van der Waals surface area contributed by atoms with Crippen molar-refractivity contribution in [3.8, 4) is 0 Å². The van der Waals surface area contributed by atoms with Crippen LogP contribution in [0.25, 0.3) is 0 Å². The number of carbonyl (C=O) groups excluding carboxylic acids is 13. The topological polar surface area (TPSA) is 369 Å². The van der Waals surface area contributed by atoms with Gasteiger partial charge in [-0.1, -0.05) is 0 Å². The van der Waals surface area contributed by atoms with E-state index in [0.717, 1.165) is 44.1 Å². The van der Waals surface area contributed by atoms with Crippen LogP contribution in [0.3, 0.4) is 0 Å². The first-order valence-corrected chi connectivity index (χ1v) is 22.6. The Kier molecular flexibility index (Phi) is 28.4. The number of nitrogens with one attached hydrogen (secondary N) is 2. The van der Waals surface area contributed by atoms with Crippen LogP contribution in [0.5, 0.6) is 0 Å². The first kappa shape index (κ1) is 64.5. The fourth-order valence-corrected chi connectivity index (χ4v) is 5.85. The summed E-state index contributed by atoms with van der Waals surface area (Å²) in [7, 11) is 13.3. The standard InChI is InChI=1S/C43H76N16O13/c1-28(42(72)49-30(29(2)60)14-13-17-47-43(45)46)48-31(61)18-50(3)33(63)20-52(5)35(65)22-54(7)37(67)24-56(9)39(69)26-58(11)41(71)27-59(12)40(70)25-57(10)38(68)23-55(8)36(66)21-53(6)34(64)19-51(4)32(62)15-16-44/h28,30H,13-27,44H2,1-12H3,(H,48,61)(H,49,72)(H4,45,46,47)/t28-,30+/m0/s1. The molecule has 29 heteroatoms. The molecule has 72 heavy (non-hydrogen) atoms. The molecule has 29 nitrogen and oxygen atoms in total. The maximum absolute atomic E-state index is 13.0. The largest absolute Gasteiger partial charge is 0.370 e. The molecular formula is C43H76N16O13. The van der Waals surface area contributed by atoms with Gasteiger partial charge in [0.1, 0.15) is 6.04 Å². The molecule has 0 aromatic carbocycles. The van der Waals surface area contributed by atoms with Crippen LogP contribution in [0.4, 0.5) is 0 Å². The van der Waals surface area contributed by atoms with Gasteiger partial charge >= 0.3 is 0 Å². The smallest absolute Gasteiger partial charge is 0.242 e. The predicted molar refractivity (Wildman–Crippen MR) is 260 cm³/mol. The van der Waals surface area contributed by atoms with E-state index in [1.54, 1.807) is 0 Å². The molecule has 8 N–H and O–H groups in total. The number of Topliss-reactive ketones (excluding diaryl/α,β-unsaturated/α-hetero) is 1. The van der Waals surface area contributed by atoms with Gasteiger partial charge in [0.15, 0.2) is 11.7 Å². The van der Waals surface area contributed by atoms with Gasteiger partial charge in [-0.2, -0.15) is 0 Å². The van der Waals surface area contributed by atoms with Crippen molar-refractivity contribution in [1.29, 1.82) is 0 Å². The number of likely N-dealkylation sites (N-methyl/N-ethyl adjacent to an activating group) is 10. The van der Waals surface area contributed by atoms with E-state index >= 15 is 0 Å². The lowest BCUT2D eigenvalue weighted by Crippen LogP contribution is -2.52. The summed E-state index contributed by atoms with van der Waals surface area (Å²) in [5, 5.41) is 5.02. The van der Waals surface area contributed by atoms with E-state index in [4.69, 9.17) is 17.2 Å². The molecule has 0 spiro atoms. The molecule has 2 atom stereocenters. The fourth-order valence-electron chi connectivity index (χ4n) is 5.85. The van der Waals surface area contributed by atoms with E-state index in [1.807, 2.05) is 0 Å². The number of rotatable bonds is 30. The second-order valence-electron chi connectivity index (χ2n) is 17.4. The van der Waals surface area contributed by atoms with Crippen molar-refractivity contribution in [2.24, 2.45) is 22.2 Å². The zero-order valence-electron chi connectivity index (χ0n) is 43.7. The molecule has 0 aliphatic rings. The molecule has 0 heterocycles. The van der Waals surface area contributed by atoms with Crippen molar-refractivity contribution in [2.75, 3.05) is 149 Å². The lowest BCUT2D eigenvalue weighted by Gasteiger charge is -2.27. The van der Waals surface area contributed by atoms with Gasteiger partial charge in [0.2, 0.25) is 70.9 Å². The molecule has 0 aromatic heterocycles. The van der Waals surface area contributed by atoms with Crippen molar-refractivity contribution in [2.45, 2.75) is 45.2 Å². The van der Waals surface area contributed by atoms with Crippen molar-refractivity contribution in [3.63, 3.8) is 0 Å². The van der Waals surface area contributed by atoms with E-state index in [9.17, 15) is 62.3 Å². The van der Waals surface area contributed by atoms with E-state index in [-0.39, 0.29) is 56.7 Å². The Morgan fingerprint density at radius 3 is 0.944 bits per heavy atom. The molecule has 0 saturated heterocycles. The zero-order chi connectivity index (χ0) is 55.7. The summed E-state index contributed by atoms with van der Waals surface area (Å²) in [5.74, 6) is -7.66. The molecule has 0 saturated carbocycles. The Morgan fingerprint density at radius 1 is 0.431 bits per heavy atom. The molecule has 0 aromatic rings. The van der Waals surface area contributed by atoms with Crippen LogP contribution in [0.15, 0.2) is 4.99 Å². The van der Waals surface area contributed by atoms with E-state index < -0.39 is 129 Å². The fraction of sp³-hybridized carbons (Fsp3) is 0.674. The number of carbonyl (C=O) groups is 13. The summed E-state index contributed by atoms with van der Waals surface area (Å²) in [6, 6.07) is -1.90. The third-order valence-electron chi connectivity index (χ3n) is 10.9. The summed E-state index contributed by atoms with van der Waals surface area (Å²) in [5.41, 5.74) is 16.0. The van der Waals surface area contributed by atoms with Gasteiger partial charge < -0.3 is 76.8 Å². The highest BCUT2D eigenvalue weighted by Crippen LogP contribution is 2.03. The molecule has 0 unspecified atom stereocenters. The van der Waals surface area contributed by atoms with Crippen LogP contribution < -0.4 is 27.8 Å². The number of ketones is 1. The van der Waals surface area contributed by atoms with E-state index in [0.29, 0.717) is 6.42 Å². The van der Waals surface area contributed by atoms with Gasteiger partial charge in [-0.05, 0) is 26.7 Å². The Balaban J connectivity index is 4.94. The van der Waals surface area contributed by atoms with Crippen molar-refractivity contribution in [3.05, 3.63) is 0 Å². The van der Waals surface area contributed by atoms with Gasteiger partial charge in [0.25, 0.3) is 0 Å². The number of hydrogen-bond acceptors (Lipinski definition) is 15. The van der Waals surface area contributed by atoms with Crippen LogP contribution in [-0.2, 0) is 62.3 Å². The van der Waals surface area contributed by atoms with Crippen LogP contribution in [0, 0.1) is 0 Å². The molecule has 12 amide bonds. The highest BCUT2D eigenvalue weighted by Gasteiger charge is 2.28. The third kappa shape index (κ3) is 24.4. The quantitative estimate of drug-likeness (QED) is 0.0254. The Morgan fingerprint density at radius 2 is 0.694 bits per heavy atom. The monoisotopic (exact) mass is 1020 g/mol. The van der Waals surface area contributed by atoms with Crippen LogP contribution in [-0.4, -0.2) is 293 Å². The molecule has 0 aliphatic heterocycles. The van der Waals surface area contributed by atoms with Crippen LogP contribution in [0.1, 0.15) is 33.1 Å². The van der Waals surface area contributed by atoms with Gasteiger partial charge in [0.05, 0.1) is 71.5 Å². The predicted octanol–water partition coefficient (Wildman–Crippen LogP) is -7.45. The Labute approximate surface area is 420 Å². The molecule has 0 fully saturated rings. The number of nitrogens with two attached hydrogens (primary N) is 3. The third-order valence-corrected chi connectivity index (χ3v) is 10.9. The molecule has 406 valence electrons. The highest BCUT2D eigenvalue weighted by atomic mass is 16.2. The average molecular weight is 1030 g/mol. The number of nitrogens with zero attached hydrogens (tertiary/aromatic N) is 11. The average Bonchev–Trinajstić information content (AvgIpc) is 3.28. The van der Waals surface area contributed by atoms with E-state index in [1.165, 1.54) is 89.2 Å². The molecular weight excluding hydrogens is 949 g/mol. The first-order chi connectivity index (χ1) is 33.3. The van der Waals surface area contributed by atoms with Crippen LogP contribution >= 0.6 is 0 Å². The zero-order valence-corrected chi connectivity index (χ0v) is 43.7. The highest BCUT2D eigenvalue weighted by molar-refractivity contribution is 5.95. The van der Waals surface area contributed by atoms with Gasteiger partial charge in [-0.15, -0.1) is 0 Å². The summed E-state index contributed by atoms with van der Waals surface area (Å²) in [4.78, 5) is 179. The summed E-state index contributed by atoms with van der Waals surface area (Å²) in [6.45, 7) is -1.34. The van der Waals surface area contributed by atoms with Gasteiger partial charge in [0, 0.05) is 90.0 Å². The van der Waals surface area contributed by atoms with Crippen molar-refractivity contribution in [1.82, 2.24) is 59.6 Å². The number of amides is 12. The molecule has 0 aliphatic carbocycles. The molecule has 0 radical (unpaired) electrons. The molecule has 0 rings (SSSR count). The van der Waals surface area contributed by atoms with Gasteiger partial charge in [-0.3, -0.25) is 67.3 Å². The Bertz CT molecular complexity index is 2020. The van der Waals surface area contributed by atoms with Crippen molar-refractivity contribution >= 4 is 82.6 Å². The second-order valence-corrected chi connectivity index (χ2v) is 17.4. The summed E-state index contributed by atoms with van der Waals surface area (Å²) in [6.07, 6.45) is 0.728. The first-order valence-electron chi connectivity index (χ1n) is 22.6. The summed E-state index contributed by atoms with van der Waals surface area (Å²) >= 11 is 0.